The smallest absolute Gasteiger partial charge is 0.330 e. The number of carbonyl (C=O) groups excluding carboxylic acids is 2. The lowest BCUT2D eigenvalue weighted by molar-refractivity contribution is -0.137. The van der Waals surface area contributed by atoms with E-state index in [2.05, 4.69) is 4.98 Å². The van der Waals surface area contributed by atoms with Crippen molar-refractivity contribution < 1.29 is 14.3 Å². The van der Waals surface area contributed by atoms with Crippen LogP contribution in [0.3, 0.4) is 0 Å². The van der Waals surface area contributed by atoms with Crippen molar-refractivity contribution in [2.75, 3.05) is 6.61 Å². The Labute approximate surface area is 87.6 Å². The second-order valence-corrected chi connectivity index (χ2v) is 2.71. The summed E-state index contributed by atoms with van der Waals surface area (Å²) in [5.41, 5.74) is 1.09. The Balaban J connectivity index is 2.79. The van der Waals surface area contributed by atoms with Gasteiger partial charge in [-0.2, -0.15) is 0 Å². The number of nitrogens with zero attached hydrogens (tertiary/aromatic N) is 1. The van der Waals surface area contributed by atoms with Crippen LogP contribution in [0.4, 0.5) is 0 Å². The number of aromatic nitrogens is 1. The summed E-state index contributed by atoms with van der Waals surface area (Å²) in [4.78, 5) is 25.5. The first-order valence-corrected chi connectivity index (χ1v) is 4.52. The zero-order valence-corrected chi connectivity index (χ0v) is 8.34. The molecule has 0 saturated heterocycles. The molecule has 0 spiro atoms. The van der Waals surface area contributed by atoms with Gasteiger partial charge in [0, 0.05) is 29.6 Å². The number of rotatable bonds is 4. The van der Waals surface area contributed by atoms with Gasteiger partial charge in [-0.3, -0.25) is 9.78 Å². The maximum atomic E-state index is 11.0. The molecule has 0 aliphatic heterocycles. The lowest BCUT2D eigenvalue weighted by Gasteiger charge is -1.97. The Morgan fingerprint density at radius 3 is 3.00 bits per heavy atom. The normalized spacial score (nSPS) is 10.2. The quantitative estimate of drug-likeness (QED) is 0.424. The first-order valence-electron chi connectivity index (χ1n) is 4.52. The van der Waals surface area contributed by atoms with Gasteiger partial charge in [-0.25, -0.2) is 4.79 Å². The van der Waals surface area contributed by atoms with Crippen molar-refractivity contribution in [2.45, 2.75) is 6.92 Å². The van der Waals surface area contributed by atoms with Crippen LogP contribution >= 0.6 is 0 Å². The van der Waals surface area contributed by atoms with Crippen molar-refractivity contribution >= 4 is 18.3 Å². The standard InChI is InChI=1S/C11H11NO3/c1-2-15-11(14)4-3-9-7-12-6-5-10(9)8-13/h3-8H,2H2,1H3. The zero-order valence-electron chi connectivity index (χ0n) is 8.34. The van der Waals surface area contributed by atoms with E-state index >= 15 is 0 Å². The van der Waals surface area contributed by atoms with E-state index in [-0.39, 0.29) is 0 Å². The van der Waals surface area contributed by atoms with E-state index in [0.717, 1.165) is 0 Å². The van der Waals surface area contributed by atoms with Gasteiger partial charge in [-0.1, -0.05) is 0 Å². The van der Waals surface area contributed by atoms with Crippen molar-refractivity contribution in [1.82, 2.24) is 4.98 Å². The van der Waals surface area contributed by atoms with Gasteiger partial charge >= 0.3 is 5.97 Å². The van der Waals surface area contributed by atoms with Gasteiger partial charge in [0.05, 0.1) is 6.61 Å². The third-order valence-corrected chi connectivity index (χ3v) is 1.70. The third-order valence-electron chi connectivity index (χ3n) is 1.70. The molecule has 0 N–H and O–H groups in total. The highest BCUT2D eigenvalue weighted by atomic mass is 16.5. The Bertz CT molecular complexity index is 385. The van der Waals surface area contributed by atoms with Crippen LogP contribution in [0.1, 0.15) is 22.8 Å². The fourth-order valence-corrected chi connectivity index (χ4v) is 1.01. The minimum absolute atomic E-state index is 0.330. The second kappa shape index (κ2) is 5.70. The summed E-state index contributed by atoms with van der Waals surface area (Å²) in [6, 6.07) is 1.58. The van der Waals surface area contributed by atoms with Gasteiger partial charge in [0.2, 0.25) is 0 Å². The Kier molecular flexibility index (Phi) is 4.22. The molecule has 0 aliphatic rings. The van der Waals surface area contributed by atoms with Crippen molar-refractivity contribution in [1.29, 1.82) is 0 Å². The number of esters is 1. The number of pyridine rings is 1. The minimum Gasteiger partial charge on any atom is -0.463 e. The number of aldehydes is 1. The minimum atomic E-state index is -0.432. The summed E-state index contributed by atoms with van der Waals surface area (Å²) in [5, 5.41) is 0. The molecular weight excluding hydrogens is 194 g/mol. The highest BCUT2D eigenvalue weighted by Gasteiger charge is 1.98. The van der Waals surface area contributed by atoms with E-state index in [9.17, 15) is 9.59 Å². The highest BCUT2D eigenvalue weighted by Crippen LogP contribution is 2.06. The first kappa shape index (κ1) is 11.1. The molecule has 1 rings (SSSR count). The van der Waals surface area contributed by atoms with Crippen LogP contribution in [0.25, 0.3) is 6.08 Å². The largest absolute Gasteiger partial charge is 0.463 e. The second-order valence-electron chi connectivity index (χ2n) is 2.71. The van der Waals surface area contributed by atoms with E-state index in [1.165, 1.54) is 24.5 Å². The first-order chi connectivity index (χ1) is 7.27. The Morgan fingerprint density at radius 1 is 1.53 bits per heavy atom. The number of ether oxygens (including phenoxy) is 1. The van der Waals surface area contributed by atoms with Gasteiger partial charge in [0.25, 0.3) is 0 Å². The van der Waals surface area contributed by atoms with Crippen molar-refractivity contribution in [3.63, 3.8) is 0 Å². The molecule has 0 saturated carbocycles. The molecule has 1 heterocycles. The molecule has 0 radical (unpaired) electrons. The average molecular weight is 205 g/mol. The van der Waals surface area contributed by atoms with E-state index in [0.29, 0.717) is 24.0 Å². The van der Waals surface area contributed by atoms with Gasteiger partial charge < -0.3 is 4.74 Å². The van der Waals surface area contributed by atoms with Crippen molar-refractivity contribution in [3.8, 4) is 0 Å². The summed E-state index contributed by atoms with van der Waals surface area (Å²) in [7, 11) is 0. The molecule has 0 atom stereocenters. The molecule has 1 aromatic rings. The van der Waals surface area contributed by atoms with Crippen LogP contribution in [-0.4, -0.2) is 23.8 Å². The predicted molar refractivity (Wildman–Crippen MR) is 55.3 cm³/mol. The molecule has 0 fully saturated rings. The van der Waals surface area contributed by atoms with E-state index in [4.69, 9.17) is 4.74 Å². The topological polar surface area (TPSA) is 56.3 Å². The zero-order chi connectivity index (χ0) is 11.1. The maximum absolute atomic E-state index is 11.0. The molecule has 4 heteroatoms. The van der Waals surface area contributed by atoms with Crippen LogP contribution in [0.2, 0.25) is 0 Å². The molecule has 78 valence electrons. The fraction of sp³-hybridized carbons (Fsp3) is 0.182. The average Bonchev–Trinajstić information content (AvgIpc) is 2.27. The van der Waals surface area contributed by atoms with Crippen LogP contribution in [-0.2, 0) is 9.53 Å². The maximum Gasteiger partial charge on any atom is 0.330 e. The van der Waals surface area contributed by atoms with Gasteiger partial charge in [-0.05, 0) is 19.1 Å². The van der Waals surface area contributed by atoms with Crippen LogP contribution < -0.4 is 0 Å². The SMILES string of the molecule is CCOC(=O)C=Cc1cnccc1C=O. The fourth-order valence-electron chi connectivity index (χ4n) is 1.01. The van der Waals surface area contributed by atoms with Crippen LogP contribution in [0, 0.1) is 0 Å². The molecule has 1 aromatic heterocycles. The molecular formula is C11H11NO3. The molecule has 15 heavy (non-hydrogen) atoms. The molecule has 4 nitrogen and oxygen atoms in total. The van der Waals surface area contributed by atoms with Crippen molar-refractivity contribution in [3.05, 3.63) is 35.7 Å². The van der Waals surface area contributed by atoms with Gasteiger partial charge in [-0.15, -0.1) is 0 Å². The molecule has 0 bridgehead atoms. The molecule has 0 aromatic carbocycles. The monoisotopic (exact) mass is 205 g/mol. The predicted octanol–water partition coefficient (Wildman–Crippen LogP) is 1.47. The highest BCUT2D eigenvalue weighted by molar-refractivity contribution is 5.89. The van der Waals surface area contributed by atoms with Crippen molar-refractivity contribution in [2.24, 2.45) is 0 Å². The molecule has 0 aliphatic carbocycles. The van der Waals surface area contributed by atoms with Gasteiger partial charge in [0.15, 0.2) is 6.29 Å². The summed E-state index contributed by atoms with van der Waals surface area (Å²) in [6.45, 7) is 2.06. The summed E-state index contributed by atoms with van der Waals surface area (Å²) >= 11 is 0. The molecule has 0 amide bonds. The van der Waals surface area contributed by atoms with Crippen LogP contribution in [0.5, 0.6) is 0 Å². The summed E-state index contributed by atoms with van der Waals surface area (Å²) in [6.07, 6.45) is 6.53. The Hall–Kier alpha value is -1.97. The number of hydrogen-bond acceptors (Lipinski definition) is 4. The third kappa shape index (κ3) is 3.34. The Morgan fingerprint density at radius 2 is 2.33 bits per heavy atom. The van der Waals surface area contributed by atoms with Gasteiger partial charge in [0.1, 0.15) is 0 Å². The lowest BCUT2D eigenvalue weighted by atomic mass is 10.1. The number of hydrogen-bond donors (Lipinski definition) is 0. The van der Waals surface area contributed by atoms with E-state index in [1.54, 1.807) is 13.0 Å². The van der Waals surface area contributed by atoms with Crippen LogP contribution in [0.15, 0.2) is 24.5 Å². The summed E-state index contributed by atoms with van der Waals surface area (Å²) in [5.74, 6) is -0.432. The number of carbonyl (C=O) groups is 2. The van der Waals surface area contributed by atoms with E-state index < -0.39 is 5.97 Å². The molecule has 0 unspecified atom stereocenters. The summed E-state index contributed by atoms with van der Waals surface area (Å²) < 4.78 is 4.70. The lowest BCUT2D eigenvalue weighted by Crippen LogP contribution is -1.99. The van der Waals surface area contributed by atoms with E-state index in [1.807, 2.05) is 0 Å².